The highest BCUT2D eigenvalue weighted by Crippen LogP contribution is 2.20. The molecule has 0 aliphatic carbocycles. The third-order valence-electron chi connectivity index (χ3n) is 3.49. The number of carbonyl (C=O) groups is 1. The van der Waals surface area contributed by atoms with Gasteiger partial charge in [0, 0.05) is 38.3 Å². The number of hydrogen-bond acceptors (Lipinski definition) is 3. The van der Waals surface area contributed by atoms with Crippen LogP contribution in [0.25, 0.3) is 0 Å². The summed E-state index contributed by atoms with van der Waals surface area (Å²) < 4.78 is 1.53. The standard InChI is InChI=1S/C14H20N2O3/c1-14(19)7-4-9-16(11-14)13(18)6-10-15-8-3-2-5-12(15)17/h2-3,5,8,19H,4,6-7,9-11H2,1H3. The Morgan fingerprint density at radius 2 is 2.26 bits per heavy atom. The van der Waals surface area contributed by atoms with Crippen LogP contribution in [0.15, 0.2) is 29.2 Å². The average molecular weight is 264 g/mol. The summed E-state index contributed by atoms with van der Waals surface area (Å²) in [6.07, 6.45) is 3.53. The van der Waals surface area contributed by atoms with Gasteiger partial charge in [-0.05, 0) is 25.8 Å². The summed E-state index contributed by atoms with van der Waals surface area (Å²) in [5, 5.41) is 9.97. The molecule has 5 nitrogen and oxygen atoms in total. The number of hydrogen-bond donors (Lipinski definition) is 1. The zero-order valence-corrected chi connectivity index (χ0v) is 11.2. The van der Waals surface area contributed by atoms with Gasteiger partial charge >= 0.3 is 0 Å². The molecule has 5 heteroatoms. The molecule has 0 spiro atoms. The number of amides is 1. The Balaban J connectivity index is 1.91. The lowest BCUT2D eigenvalue weighted by molar-refractivity contribution is -0.137. The normalized spacial score (nSPS) is 23.4. The molecular formula is C14H20N2O3. The minimum atomic E-state index is -0.780. The van der Waals surface area contributed by atoms with Gasteiger partial charge in [-0.15, -0.1) is 0 Å². The molecule has 0 radical (unpaired) electrons. The zero-order chi connectivity index (χ0) is 13.9. The lowest BCUT2D eigenvalue weighted by Gasteiger charge is -2.36. The molecule has 2 heterocycles. The molecule has 104 valence electrons. The molecule has 1 amide bonds. The van der Waals surface area contributed by atoms with E-state index in [2.05, 4.69) is 0 Å². The van der Waals surface area contributed by atoms with E-state index in [4.69, 9.17) is 0 Å². The molecule has 1 aromatic heterocycles. The van der Waals surface area contributed by atoms with Crippen molar-refractivity contribution in [2.75, 3.05) is 13.1 Å². The van der Waals surface area contributed by atoms with Crippen molar-refractivity contribution in [3.8, 4) is 0 Å². The predicted molar refractivity (Wildman–Crippen MR) is 71.8 cm³/mol. The number of likely N-dealkylation sites (tertiary alicyclic amines) is 1. The second-order valence-electron chi connectivity index (χ2n) is 5.40. The maximum absolute atomic E-state index is 12.1. The van der Waals surface area contributed by atoms with E-state index in [1.54, 1.807) is 30.2 Å². The maximum Gasteiger partial charge on any atom is 0.250 e. The van der Waals surface area contributed by atoms with E-state index in [1.807, 2.05) is 0 Å². The Kier molecular flexibility index (Phi) is 4.04. The molecular weight excluding hydrogens is 244 g/mol. The van der Waals surface area contributed by atoms with Crippen LogP contribution in [-0.2, 0) is 11.3 Å². The SMILES string of the molecule is CC1(O)CCCN(C(=O)CCn2ccccc2=O)C1. The molecule has 1 aliphatic heterocycles. The van der Waals surface area contributed by atoms with Crippen molar-refractivity contribution in [2.45, 2.75) is 38.3 Å². The number of nitrogens with zero attached hydrogens (tertiary/aromatic N) is 2. The van der Waals surface area contributed by atoms with Crippen molar-refractivity contribution in [2.24, 2.45) is 0 Å². The number of piperidine rings is 1. The molecule has 0 bridgehead atoms. The molecule has 2 rings (SSSR count). The van der Waals surface area contributed by atoms with Crippen LogP contribution < -0.4 is 5.56 Å². The molecule has 1 saturated heterocycles. The smallest absolute Gasteiger partial charge is 0.250 e. The minimum absolute atomic E-state index is 0.00396. The van der Waals surface area contributed by atoms with Gasteiger partial charge in [0.25, 0.3) is 5.56 Å². The number of aliphatic hydroxyl groups is 1. The van der Waals surface area contributed by atoms with Crippen LogP contribution in [0.5, 0.6) is 0 Å². The summed E-state index contributed by atoms with van der Waals surface area (Å²) in [7, 11) is 0. The molecule has 1 N–H and O–H groups in total. The van der Waals surface area contributed by atoms with Crippen molar-refractivity contribution in [3.63, 3.8) is 0 Å². The van der Waals surface area contributed by atoms with E-state index in [0.29, 0.717) is 26.1 Å². The summed E-state index contributed by atoms with van der Waals surface area (Å²) in [5.41, 5.74) is -0.877. The second kappa shape index (κ2) is 5.57. The first kappa shape index (κ1) is 13.8. The first-order valence-corrected chi connectivity index (χ1v) is 6.64. The van der Waals surface area contributed by atoms with Crippen LogP contribution in [0.4, 0.5) is 0 Å². The van der Waals surface area contributed by atoms with Crippen LogP contribution in [0.3, 0.4) is 0 Å². The Morgan fingerprint density at radius 1 is 1.47 bits per heavy atom. The lowest BCUT2D eigenvalue weighted by Crippen LogP contribution is -2.48. The van der Waals surface area contributed by atoms with Gasteiger partial charge in [0.05, 0.1) is 5.60 Å². The van der Waals surface area contributed by atoms with Crippen molar-refractivity contribution in [1.82, 2.24) is 9.47 Å². The largest absolute Gasteiger partial charge is 0.388 e. The van der Waals surface area contributed by atoms with Crippen LogP contribution in [0.1, 0.15) is 26.2 Å². The predicted octanol–water partition coefficient (Wildman–Crippen LogP) is 0.612. The third-order valence-corrected chi connectivity index (χ3v) is 3.49. The molecule has 19 heavy (non-hydrogen) atoms. The van der Waals surface area contributed by atoms with Crippen LogP contribution in [0.2, 0.25) is 0 Å². The molecule has 1 fully saturated rings. The quantitative estimate of drug-likeness (QED) is 0.870. The van der Waals surface area contributed by atoms with Gasteiger partial charge in [-0.25, -0.2) is 0 Å². The molecule has 1 atom stereocenters. The highest BCUT2D eigenvalue weighted by atomic mass is 16.3. The van der Waals surface area contributed by atoms with Gasteiger partial charge in [-0.1, -0.05) is 6.07 Å². The van der Waals surface area contributed by atoms with Crippen LogP contribution >= 0.6 is 0 Å². The van der Waals surface area contributed by atoms with Crippen molar-refractivity contribution in [1.29, 1.82) is 0 Å². The van der Waals surface area contributed by atoms with Gasteiger partial charge < -0.3 is 14.6 Å². The zero-order valence-electron chi connectivity index (χ0n) is 11.2. The van der Waals surface area contributed by atoms with E-state index in [9.17, 15) is 14.7 Å². The van der Waals surface area contributed by atoms with Gasteiger partial charge in [0.15, 0.2) is 0 Å². The van der Waals surface area contributed by atoms with E-state index >= 15 is 0 Å². The summed E-state index contributed by atoms with van der Waals surface area (Å²) in [6, 6.07) is 4.94. The summed E-state index contributed by atoms with van der Waals surface area (Å²) in [6.45, 7) is 3.22. The fourth-order valence-electron chi connectivity index (χ4n) is 2.45. The summed E-state index contributed by atoms with van der Waals surface area (Å²) >= 11 is 0. The Hall–Kier alpha value is -1.62. The van der Waals surface area contributed by atoms with Gasteiger partial charge in [0.1, 0.15) is 0 Å². The lowest BCUT2D eigenvalue weighted by atomic mass is 9.95. The fourth-order valence-corrected chi connectivity index (χ4v) is 2.45. The van der Waals surface area contributed by atoms with Crippen LogP contribution in [-0.4, -0.2) is 39.2 Å². The molecule has 1 aromatic rings. The first-order chi connectivity index (χ1) is 8.98. The molecule has 0 saturated carbocycles. The number of aryl methyl sites for hydroxylation is 1. The van der Waals surface area contributed by atoms with Crippen LogP contribution in [0, 0.1) is 0 Å². The monoisotopic (exact) mass is 264 g/mol. The highest BCUT2D eigenvalue weighted by Gasteiger charge is 2.30. The minimum Gasteiger partial charge on any atom is -0.388 e. The summed E-state index contributed by atoms with van der Waals surface area (Å²) in [5.74, 6) is -0.00396. The second-order valence-corrected chi connectivity index (χ2v) is 5.40. The van der Waals surface area contributed by atoms with Gasteiger partial charge in [0.2, 0.25) is 5.91 Å². The first-order valence-electron chi connectivity index (χ1n) is 6.64. The fraction of sp³-hybridized carbons (Fsp3) is 0.571. The topological polar surface area (TPSA) is 62.5 Å². The van der Waals surface area contributed by atoms with E-state index in [1.165, 1.54) is 10.6 Å². The Morgan fingerprint density at radius 3 is 2.95 bits per heavy atom. The third kappa shape index (κ3) is 3.67. The molecule has 1 aliphatic rings. The molecule has 0 aromatic carbocycles. The van der Waals surface area contributed by atoms with E-state index < -0.39 is 5.60 Å². The number of rotatable bonds is 3. The number of carbonyl (C=O) groups excluding carboxylic acids is 1. The number of aromatic nitrogens is 1. The van der Waals surface area contributed by atoms with E-state index in [-0.39, 0.29) is 11.5 Å². The van der Waals surface area contributed by atoms with E-state index in [0.717, 1.165) is 12.8 Å². The molecule has 1 unspecified atom stereocenters. The Bertz CT molecular complexity index is 507. The summed E-state index contributed by atoms with van der Waals surface area (Å²) in [4.78, 5) is 25.3. The van der Waals surface area contributed by atoms with Crippen molar-refractivity contribution < 1.29 is 9.90 Å². The van der Waals surface area contributed by atoms with Crippen molar-refractivity contribution in [3.05, 3.63) is 34.7 Å². The van der Waals surface area contributed by atoms with Gasteiger partial charge in [-0.3, -0.25) is 9.59 Å². The average Bonchev–Trinajstić information content (AvgIpc) is 2.36. The highest BCUT2D eigenvalue weighted by molar-refractivity contribution is 5.76. The van der Waals surface area contributed by atoms with Gasteiger partial charge in [-0.2, -0.15) is 0 Å². The Labute approximate surface area is 112 Å². The van der Waals surface area contributed by atoms with Crippen molar-refractivity contribution >= 4 is 5.91 Å². The number of pyridine rings is 1. The maximum atomic E-state index is 12.1. The number of β-amino-alcohol motifs (C(OH)–C–C–N with tert-alkyl or cyclic N) is 1.